The highest BCUT2D eigenvalue weighted by atomic mass is 35.5. The Morgan fingerprint density at radius 1 is 1.14 bits per heavy atom. The zero-order valence-corrected chi connectivity index (χ0v) is 12.5. The Kier molecular flexibility index (Phi) is 4.22. The van der Waals surface area contributed by atoms with Gasteiger partial charge in [-0.25, -0.2) is 4.98 Å². The first-order valence-corrected chi connectivity index (χ1v) is 7.42. The molecule has 1 aromatic carbocycles. The smallest absolute Gasteiger partial charge is 0.222 e. The second-order valence-corrected chi connectivity index (χ2v) is 5.55. The lowest BCUT2D eigenvalue weighted by Gasteiger charge is -2.28. The first kappa shape index (κ1) is 14.1. The van der Waals surface area contributed by atoms with Crippen molar-refractivity contribution in [3.05, 3.63) is 46.6 Å². The summed E-state index contributed by atoms with van der Waals surface area (Å²) < 4.78 is 0. The topological polar surface area (TPSA) is 67.1 Å². The largest absolute Gasteiger partial charge is 0.368 e. The van der Waals surface area contributed by atoms with Crippen molar-refractivity contribution < 1.29 is 0 Å². The van der Waals surface area contributed by atoms with Crippen LogP contribution in [0.2, 0.25) is 5.02 Å². The number of halogens is 1. The maximum atomic E-state index is 5.91. The van der Waals surface area contributed by atoms with Crippen LogP contribution in [-0.2, 0) is 6.42 Å². The molecule has 2 heterocycles. The third-order valence-electron chi connectivity index (χ3n) is 3.52. The molecule has 1 aliphatic heterocycles. The molecule has 5 nitrogen and oxygen atoms in total. The highest BCUT2D eigenvalue weighted by Gasteiger charge is 2.13. The van der Waals surface area contributed by atoms with Gasteiger partial charge in [0.25, 0.3) is 0 Å². The zero-order chi connectivity index (χ0) is 14.7. The van der Waals surface area contributed by atoms with Crippen LogP contribution in [0, 0.1) is 0 Å². The summed E-state index contributed by atoms with van der Waals surface area (Å²) in [5, 5.41) is 4.07. The van der Waals surface area contributed by atoms with E-state index in [0.717, 1.165) is 54.7 Å². The number of aromatic nitrogens is 2. The van der Waals surface area contributed by atoms with E-state index in [0.29, 0.717) is 5.95 Å². The van der Waals surface area contributed by atoms with Crippen molar-refractivity contribution in [2.24, 2.45) is 0 Å². The minimum atomic E-state index is 0.329. The van der Waals surface area contributed by atoms with Gasteiger partial charge in [-0.05, 0) is 17.7 Å². The highest BCUT2D eigenvalue weighted by Crippen LogP contribution is 2.18. The SMILES string of the molecule is Nc1nc(Cc2ccc(Cl)cc2)cc(N2CCNCC2)n1. The molecule has 110 valence electrons. The number of nitrogens with zero attached hydrogens (tertiary/aromatic N) is 3. The van der Waals surface area contributed by atoms with E-state index in [1.165, 1.54) is 0 Å². The molecule has 0 bridgehead atoms. The molecule has 0 amide bonds. The number of hydrogen-bond donors (Lipinski definition) is 2. The van der Waals surface area contributed by atoms with Gasteiger partial charge in [-0.1, -0.05) is 23.7 Å². The summed E-state index contributed by atoms with van der Waals surface area (Å²) in [6.07, 6.45) is 0.725. The lowest BCUT2D eigenvalue weighted by molar-refractivity contribution is 0.584. The zero-order valence-electron chi connectivity index (χ0n) is 11.7. The third kappa shape index (κ3) is 3.62. The molecule has 0 saturated carbocycles. The third-order valence-corrected chi connectivity index (χ3v) is 3.77. The minimum absolute atomic E-state index is 0.329. The second kappa shape index (κ2) is 6.28. The maximum absolute atomic E-state index is 5.91. The number of anilines is 2. The fourth-order valence-electron chi connectivity index (χ4n) is 2.46. The number of benzene rings is 1. The quantitative estimate of drug-likeness (QED) is 0.903. The van der Waals surface area contributed by atoms with E-state index in [4.69, 9.17) is 17.3 Å². The van der Waals surface area contributed by atoms with Gasteiger partial charge in [-0.2, -0.15) is 4.98 Å². The van der Waals surface area contributed by atoms with Gasteiger partial charge in [0.1, 0.15) is 5.82 Å². The average molecular weight is 304 g/mol. The number of piperazine rings is 1. The number of hydrogen-bond acceptors (Lipinski definition) is 5. The van der Waals surface area contributed by atoms with E-state index in [9.17, 15) is 0 Å². The first-order chi connectivity index (χ1) is 10.2. The fraction of sp³-hybridized carbons (Fsp3) is 0.333. The van der Waals surface area contributed by atoms with Crippen LogP contribution in [0.3, 0.4) is 0 Å². The predicted molar refractivity (Wildman–Crippen MR) is 85.8 cm³/mol. The number of nitrogens with one attached hydrogen (secondary N) is 1. The van der Waals surface area contributed by atoms with E-state index in [1.54, 1.807) is 0 Å². The van der Waals surface area contributed by atoms with Crippen molar-refractivity contribution in [2.75, 3.05) is 36.8 Å². The van der Waals surface area contributed by atoms with Crippen LogP contribution < -0.4 is 16.0 Å². The molecule has 21 heavy (non-hydrogen) atoms. The molecule has 6 heteroatoms. The van der Waals surface area contributed by atoms with Gasteiger partial charge in [0.05, 0.1) is 5.69 Å². The molecule has 0 unspecified atom stereocenters. The summed E-state index contributed by atoms with van der Waals surface area (Å²) in [5.41, 5.74) is 7.94. The normalized spacial score (nSPS) is 15.2. The van der Waals surface area contributed by atoms with E-state index in [1.807, 2.05) is 30.3 Å². The number of nitrogen functional groups attached to an aromatic ring is 1. The summed E-state index contributed by atoms with van der Waals surface area (Å²) in [7, 11) is 0. The Balaban J connectivity index is 1.81. The van der Waals surface area contributed by atoms with Crippen LogP contribution in [0.5, 0.6) is 0 Å². The van der Waals surface area contributed by atoms with Crippen molar-refractivity contribution in [3.63, 3.8) is 0 Å². The molecular weight excluding hydrogens is 286 g/mol. The Hall–Kier alpha value is -1.85. The van der Waals surface area contributed by atoms with Gasteiger partial charge in [0, 0.05) is 43.7 Å². The molecule has 3 rings (SSSR count). The molecule has 0 radical (unpaired) electrons. The average Bonchev–Trinajstić information content (AvgIpc) is 2.50. The van der Waals surface area contributed by atoms with Gasteiger partial charge >= 0.3 is 0 Å². The molecule has 3 N–H and O–H groups in total. The first-order valence-electron chi connectivity index (χ1n) is 7.04. The van der Waals surface area contributed by atoms with Crippen LogP contribution in [-0.4, -0.2) is 36.1 Å². The van der Waals surface area contributed by atoms with Gasteiger partial charge in [0.15, 0.2) is 0 Å². The Morgan fingerprint density at radius 3 is 2.57 bits per heavy atom. The minimum Gasteiger partial charge on any atom is -0.368 e. The summed E-state index contributed by atoms with van der Waals surface area (Å²) in [6, 6.07) is 9.81. The highest BCUT2D eigenvalue weighted by molar-refractivity contribution is 6.30. The van der Waals surface area contributed by atoms with Crippen molar-refractivity contribution in [1.82, 2.24) is 15.3 Å². The molecule has 1 fully saturated rings. The summed E-state index contributed by atoms with van der Waals surface area (Å²) in [6.45, 7) is 3.82. The molecular formula is C15H18ClN5. The Morgan fingerprint density at radius 2 is 1.86 bits per heavy atom. The van der Waals surface area contributed by atoms with Crippen LogP contribution >= 0.6 is 11.6 Å². The predicted octanol–water partition coefficient (Wildman–Crippen LogP) is 1.71. The van der Waals surface area contributed by atoms with Crippen molar-refractivity contribution in [2.45, 2.75) is 6.42 Å². The number of nitrogens with two attached hydrogens (primary N) is 1. The van der Waals surface area contributed by atoms with Crippen LogP contribution in [0.15, 0.2) is 30.3 Å². The monoisotopic (exact) mass is 303 g/mol. The van der Waals surface area contributed by atoms with Crippen molar-refractivity contribution in [1.29, 1.82) is 0 Å². The molecule has 1 aromatic heterocycles. The van der Waals surface area contributed by atoms with Gasteiger partial charge < -0.3 is 16.0 Å². The molecule has 0 atom stereocenters. The van der Waals surface area contributed by atoms with Gasteiger partial charge in [-0.3, -0.25) is 0 Å². The van der Waals surface area contributed by atoms with E-state index >= 15 is 0 Å². The van der Waals surface area contributed by atoms with E-state index in [-0.39, 0.29) is 0 Å². The fourth-order valence-corrected chi connectivity index (χ4v) is 2.59. The second-order valence-electron chi connectivity index (χ2n) is 5.12. The van der Waals surface area contributed by atoms with Crippen molar-refractivity contribution in [3.8, 4) is 0 Å². The molecule has 0 aliphatic carbocycles. The van der Waals surface area contributed by atoms with Crippen LogP contribution in [0.1, 0.15) is 11.3 Å². The Bertz CT molecular complexity index is 608. The summed E-state index contributed by atoms with van der Waals surface area (Å²) in [4.78, 5) is 10.9. The standard InChI is InChI=1S/C15H18ClN5/c16-12-3-1-11(2-4-12)9-13-10-14(20-15(17)19-13)21-7-5-18-6-8-21/h1-4,10,18H,5-9H2,(H2,17,19,20). The van der Waals surface area contributed by atoms with Crippen LogP contribution in [0.25, 0.3) is 0 Å². The molecule has 0 spiro atoms. The van der Waals surface area contributed by atoms with E-state index < -0.39 is 0 Å². The number of rotatable bonds is 3. The molecule has 2 aromatic rings. The molecule has 1 saturated heterocycles. The van der Waals surface area contributed by atoms with Gasteiger partial charge in [0.2, 0.25) is 5.95 Å². The van der Waals surface area contributed by atoms with E-state index in [2.05, 4.69) is 20.2 Å². The lowest BCUT2D eigenvalue weighted by atomic mass is 10.1. The summed E-state index contributed by atoms with van der Waals surface area (Å²) in [5.74, 6) is 1.24. The molecule has 1 aliphatic rings. The van der Waals surface area contributed by atoms with Crippen LogP contribution in [0.4, 0.5) is 11.8 Å². The van der Waals surface area contributed by atoms with Gasteiger partial charge in [-0.15, -0.1) is 0 Å². The lowest BCUT2D eigenvalue weighted by Crippen LogP contribution is -2.44. The summed E-state index contributed by atoms with van der Waals surface area (Å²) >= 11 is 5.91. The maximum Gasteiger partial charge on any atom is 0.222 e. The van der Waals surface area contributed by atoms with Crippen molar-refractivity contribution >= 4 is 23.4 Å². The Labute approximate surface area is 129 Å².